The van der Waals surface area contributed by atoms with Gasteiger partial charge in [-0.3, -0.25) is 4.79 Å². The maximum absolute atomic E-state index is 12.6. The zero-order chi connectivity index (χ0) is 19.3. The molecule has 0 saturated carbocycles. The molecule has 0 radical (unpaired) electrons. The van der Waals surface area contributed by atoms with E-state index in [4.69, 9.17) is 9.47 Å². The Hall–Kier alpha value is -1.91. The highest BCUT2D eigenvalue weighted by Gasteiger charge is 2.31. The summed E-state index contributed by atoms with van der Waals surface area (Å²) in [5, 5.41) is 3.12. The van der Waals surface area contributed by atoms with Crippen molar-refractivity contribution in [3.05, 3.63) is 11.6 Å². The highest BCUT2D eigenvalue weighted by Crippen LogP contribution is 2.47. The van der Waals surface area contributed by atoms with Gasteiger partial charge >= 0.3 is 0 Å². The number of nitrogens with zero attached hydrogens (tertiary/aromatic N) is 1. The zero-order valence-electron chi connectivity index (χ0n) is 17.2. The summed E-state index contributed by atoms with van der Waals surface area (Å²) < 4.78 is 11.2. The van der Waals surface area contributed by atoms with E-state index in [1.54, 1.807) is 14.2 Å². The molecule has 0 unspecified atom stereocenters. The Morgan fingerprint density at radius 3 is 2.42 bits per heavy atom. The van der Waals surface area contributed by atoms with Gasteiger partial charge in [-0.15, -0.1) is 0 Å². The second-order valence-electron chi connectivity index (χ2n) is 7.99. The maximum atomic E-state index is 12.6. The molecular formula is C21H34N2O3. The summed E-state index contributed by atoms with van der Waals surface area (Å²) in [6, 6.07) is 1.89. The van der Waals surface area contributed by atoms with Crippen LogP contribution in [0.25, 0.3) is 0 Å². The lowest BCUT2D eigenvalue weighted by Crippen LogP contribution is -2.29. The Balaban J connectivity index is 2.39. The molecule has 5 nitrogen and oxygen atoms in total. The number of carbonyl (C=O) groups is 1. The Morgan fingerprint density at radius 1 is 1.15 bits per heavy atom. The van der Waals surface area contributed by atoms with Gasteiger partial charge in [-0.25, -0.2) is 0 Å². The molecule has 1 amide bonds. The number of carbonyl (C=O) groups excluding carboxylic acids is 1. The van der Waals surface area contributed by atoms with E-state index in [-0.39, 0.29) is 5.91 Å². The highest BCUT2D eigenvalue weighted by molar-refractivity contribution is 6.01. The van der Waals surface area contributed by atoms with Crippen molar-refractivity contribution in [2.24, 2.45) is 5.41 Å². The van der Waals surface area contributed by atoms with Crippen molar-refractivity contribution < 1.29 is 14.3 Å². The average Bonchev–Trinajstić information content (AvgIpc) is 3.02. The largest absolute Gasteiger partial charge is 0.496 e. The van der Waals surface area contributed by atoms with Crippen LogP contribution < -0.4 is 19.7 Å². The highest BCUT2D eigenvalue weighted by atomic mass is 16.5. The quantitative estimate of drug-likeness (QED) is 0.685. The minimum Gasteiger partial charge on any atom is -0.496 e. The van der Waals surface area contributed by atoms with E-state index in [0.717, 1.165) is 48.6 Å². The molecule has 1 aliphatic heterocycles. The first kappa shape index (κ1) is 20.4. The number of benzene rings is 1. The molecule has 0 spiro atoms. The molecule has 0 fully saturated rings. The zero-order valence-corrected chi connectivity index (χ0v) is 17.2. The van der Waals surface area contributed by atoms with Crippen LogP contribution in [0.2, 0.25) is 0 Å². The van der Waals surface area contributed by atoms with Crippen molar-refractivity contribution in [2.45, 2.75) is 59.8 Å². The summed E-state index contributed by atoms with van der Waals surface area (Å²) in [7, 11) is 3.32. The Bertz CT molecular complexity index is 635. The SMILES string of the molecule is CCCCCCN1CCc2c(OC)cc(OC)c(NC(=O)C(C)(C)C)c21. The van der Waals surface area contributed by atoms with Crippen LogP contribution in [0.1, 0.15) is 58.9 Å². The fraction of sp³-hybridized carbons (Fsp3) is 0.667. The molecule has 0 bridgehead atoms. The molecule has 1 aliphatic rings. The number of anilines is 2. The molecule has 1 heterocycles. The van der Waals surface area contributed by atoms with E-state index in [1.165, 1.54) is 19.3 Å². The lowest BCUT2D eigenvalue weighted by molar-refractivity contribution is -0.123. The molecule has 26 heavy (non-hydrogen) atoms. The summed E-state index contributed by atoms with van der Waals surface area (Å²) in [6.07, 6.45) is 5.79. The fourth-order valence-corrected chi connectivity index (χ4v) is 3.33. The van der Waals surface area contributed by atoms with E-state index in [0.29, 0.717) is 5.75 Å². The van der Waals surface area contributed by atoms with Gasteiger partial charge in [0.15, 0.2) is 0 Å². The van der Waals surface area contributed by atoms with Crippen molar-refractivity contribution in [1.29, 1.82) is 0 Å². The van der Waals surface area contributed by atoms with Crippen molar-refractivity contribution in [1.82, 2.24) is 0 Å². The first-order valence-corrected chi connectivity index (χ1v) is 9.67. The van der Waals surface area contributed by atoms with E-state index >= 15 is 0 Å². The number of fused-ring (bicyclic) bond motifs is 1. The smallest absolute Gasteiger partial charge is 0.229 e. The molecule has 0 atom stereocenters. The van der Waals surface area contributed by atoms with Crippen LogP contribution in [0.4, 0.5) is 11.4 Å². The number of hydrogen-bond acceptors (Lipinski definition) is 4. The molecule has 1 aromatic carbocycles. The molecule has 1 N–H and O–H groups in total. The van der Waals surface area contributed by atoms with Crippen molar-refractivity contribution in [3.63, 3.8) is 0 Å². The lowest BCUT2D eigenvalue weighted by Gasteiger charge is -2.26. The molecule has 2 rings (SSSR count). The van der Waals surface area contributed by atoms with Crippen LogP contribution in [-0.4, -0.2) is 33.2 Å². The minimum absolute atomic E-state index is 0.0130. The second-order valence-corrected chi connectivity index (χ2v) is 7.99. The summed E-state index contributed by atoms with van der Waals surface area (Å²) in [4.78, 5) is 15.0. The van der Waals surface area contributed by atoms with Crippen LogP contribution in [0.3, 0.4) is 0 Å². The van der Waals surface area contributed by atoms with Crippen LogP contribution in [0.15, 0.2) is 6.07 Å². The maximum Gasteiger partial charge on any atom is 0.229 e. The molecule has 0 aromatic heterocycles. The molecule has 1 aromatic rings. The summed E-state index contributed by atoms with van der Waals surface area (Å²) in [5.74, 6) is 1.47. The van der Waals surface area contributed by atoms with Gasteiger partial charge in [-0.2, -0.15) is 0 Å². The standard InChI is InChI=1S/C21H34N2O3/c1-7-8-9-10-12-23-13-11-15-16(25-5)14-17(26-6)18(19(15)23)22-20(24)21(2,3)4/h14H,7-13H2,1-6H3,(H,22,24). The molecule has 0 saturated heterocycles. The van der Waals surface area contributed by atoms with E-state index in [2.05, 4.69) is 17.1 Å². The summed E-state index contributed by atoms with van der Waals surface area (Å²) in [5.41, 5.74) is 2.53. The third-order valence-corrected chi connectivity index (χ3v) is 4.92. The van der Waals surface area contributed by atoms with Crippen LogP contribution >= 0.6 is 0 Å². The molecule has 5 heteroatoms. The predicted octanol–water partition coefficient (Wildman–Crippen LogP) is 4.63. The van der Waals surface area contributed by atoms with Gasteiger partial charge in [-0.05, 0) is 12.8 Å². The monoisotopic (exact) mass is 362 g/mol. The third kappa shape index (κ3) is 4.43. The Labute approximate surface area is 158 Å². The second kappa shape index (κ2) is 8.65. The number of ether oxygens (including phenoxy) is 2. The predicted molar refractivity (Wildman–Crippen MR) is 108 cm³/mol. The number of nitrogens with one attached hydrogen (secondary N) is 1. The van der Waals surface area contributed by atoms with Crippen LogP contribution in [0.5, 0.6) is 11.5 Å². The van der Waals surface area contributed by atoms with Crippen molar-refractivity contribution in [3.8, 4) is 11.5 Å². The average molecular weight is 363 g/mol. The topological polar surface area (TPSA) is 50.8 Å². The van der Waals surface area contributed by atoms with E-state index < -0.39 is 5.41 Å². The van der Waals surface area contributed by atoms with Gasteiger partial charge < -0.3 is 19.7 Å². The van der Waals surface area contributed by atoms with Crippen LogP contribution in [0, 0.1) is 5.41 Å². The van der Waals surface area contributed by atoms with Gasteiger partial charge in [0.25, 0.3) is 0 Å². The van der Waals surface area contributed by atoms with E-state index in [1.807, 2.05) is 26.8 Å². The van der Waals surface area contributed by atoms with Crippen LogP contribution in [-0.2, 0) is 11.2 Å². The van der Waals surface area contributed by atoms with Gasteiger partial charge in [-0.1, -0.05) is 47.0 Å². The summed E-state index contributed by atoms with van der Waals surface area (Å²) in [6.45, 7) is 9.91. The van der Waals surface area contributed by atoms with Gasteiger partial charge in [0.05, 0.1) is 19.9 Å². The van der Waals surface area contributed by atoms with Crippen molar-refractivity contribution in [2.75, 3.05) is 37.5 Å². The Morgan fingerprint density at radius 2 is 1.85 bits per heavy atom. The number of amides is 1. The number of rotatable bonds is 8. The lowest BCUT2D eigenvalue weighted by atomic mass is 9.95. The first-order valence-electron chi connectivity index (χ1n) is 9.67. The van der Waals surface area contributed by atoms with E-state index in [9.17, 15) is 4.79 Å². The van der Waals surface area contributed by atoms with Gasteiger partial charge in [0.1, 0.15) is 17.2 Å². The fourth-order valence-electron chi connectivity index (χ4n) is 3.33. The minimum atomic E-state index is -0.470. The number of hydrogen-bond donors (Lipinski definition) is 1. The van der Waals surface area contributed by atoms with Crippen molar-refractivity contribution >= 4 is 17.3 Å². The number of methoxy groups -OCH3 is 2. The molecular weight excluding hydrogens is 328 g/mol. The normalized spacial score (nSPS) is 13.5. The summed E-state index contributed by atoms with van der Waals surface area (Å²) >= 11 is 0. The third-order valence-electron chi connectivity index (χ3n) is 4.92. The first-order chi connectivity index (χ1) is 12.3. The van der Waals surface area contributed by atoms with Gasteiger partial charge in [0.2, 0.25) is 5.91 Å². The molecule has 0 aliphatic carbocycles. The Kier molecular flexibility index (Phi) is 6.79. The number of unbranched alkanes of at least 4 members (excludes halogenated alkanes) is 3. The molecule has 146 valence electrons. The van der Waals surface area contributed by atoms with Gasteiger partial charge in [0, 0.05) is 30.1 Å².